The Kier molecular flexibility index (Phi) is 6.81. The number of phosphoric acid groups is 3. The maximum absolute atomic E-state index is 11.4. The molecule has 123 valence electrons. The fourth-order valence-electron chi connectivity index (χ4n) is 1.58. The molecule has 1 saturated heterocycles. The summed E-state index contributed by atoms with van der Waals surface area (Å²) >= 11 is 0. The molecule has 0 aromatic carbocycles. The molecule has 1 aliphatic heterocycles. The molecule has 4 unspecified atom stereocenters. The van der Waals surface area contributed by atoms with E-state index in [1.807, 2.05) is 0 Å². The number of rotatable bonds is 8. The van der Waals surface area contributed by atoms with E-state index in [-0.39, 0.29) is 6.00 Å². The first-order valence-corrected chi connectivity index (χ1v) is 10.2. The van der Waals surface area contributed by atoms with Crippen molar-refractivity contribution in [2.45, 2.75) is 31.8 Å². The fraction of sp³-hybridized carbons (Fsp3) is 1.00. The zero-order chi connectivity index (χ0) is 16.3. The van der Waals surface area contributed by atoms with Crippen molar-refractivity contribution in [1.82, 2.24) is 0 Å². The predicted molar refractivity (Wildman–Crippen MR) is 69.3 cm³/mol. The highest BCUT2D eigenvalue weighted by Crippen LogP contribution is 2.66. The molecule has 1 aliphatic rings. The molecule has 0 amide bonds. The lowest BCUT2D eigenvalue weighted by atomic mass is 9.74. The highest BCUT2D eigenvalue weighted by atomic mass is 31.3. The average molecular weight is 367 g/mol. The highest BCUT2D eigenvalue weighted by molar-refractivity contribution is 7.66. The molecule has 11 nitrogen and oxygen atoms in total. The van der Waals surface area contributed by atoms with Crippen LogP contribution in [-0.4, -0.2) is 45.6 Å². The van der Waals surface area contributed by atoms with Crippen LogP contribution in [0.15, 0.2) is 0 Å². The number of ether oxygens (including phenoxy) is 1. The van der Waals surface area contributed by atoms with E-state index >= 15 is 0 Å². The minimum Gasteiger partial charge on any atom is -0.382 e. The molecule has 0 saturated carbocycles. The van der Waals surface area contributed by atoms with Gasteiger partial charge in [-0.1, -0.05) is 6.82 Å². The molecule has 4 atom stereocenters. The third-order valence-corrected chi connectivity index (χ3v) is 6.15. The maximum Gasteiger partial charge on any atom is 0.490 e. The lowest BCUT2D eigenvalue weighted by Gasteiger charge is -2.18. The molecule has 21 heavy (non-hydrogen) atoms. The number of hydrogen-bond donors (Lipinski definition) is 4. The van der Waals surface area contributed by atoms with Crippen LogP contribution in [0.2, 0.25) is 6.82 Å². The van der Waals surface area contributed by atoms with E-state index in [9.17, 15) is 18.6 Å². The van der Waals surface area contributed by atoms with Gasteiger partial charge in [0.25, 0.3) is 0 Å². The maximum atomic E-state index is 11.4. The van der Waals surface area contributed by atoms with Crippen LogP contribution in [0, 0.1) is 0 Å². The van der Waals surface area contributed by atoms with Crippen molar-refractivity contribution in [3.8, 4) is 0 Å². The van der Waals surface area contributed by atoms with Crippen LogP contribution in [0.4, 0.5) is 0 Å². The summed E-state index contributed by atoms with van der Waals surface area (Å²) in [6.45, 7) is 1.39. The van der Waals surface area contributed by atoms with Crippen LogP contribution in [0.25, 0.3) is 0 Å². The smallest absolute Gasteiger partial charge is 0.382 e. The summed E-state index contributed by atoms with van der Waals surface area (Å²) in [5.74, 6) is 0. The van der Waals surface area contributed by atoms with Gasteiger partial charge in [0, 0.05) is 6.00 Å². The van der Waals surface area contributed by atoms with Crippen LogP contribution >= 0.6 is 23.5 Å². The van der Waals surface area contributed by atoms with Gasteiger partial charge in [-0.25, -0.2) is 13.7 Å². The molecular weight excluding hydrogens is 352 g/mol. The van der Waals surface area contributed by atoms with Gasteiger partial charge in [0.1, 0.15) is 7.28 Å². The molecule has 0 aromatic rings. The summed E-state index contributed by atoms with van der Waals surface area (Å²) in [4.78, 5) is 34.8. The van der Waals surface area contributed by atoms with Crippen LogP contribution in [-0.2, 0) is 31.6 Å². The molecule has 0 aromatic heterocycles. The van der Waals surface area contributed by atoms with Crippen molar-refractivity contribution in [3.05, 3.63) is 0 Å². The minimum atomic E-state index is -5.46. The molecule has 0 aliphatic carbocycles. The molecule has 0 spiro atoms. The van der Waals surface area contributed by atoms with Crippen molar-refractivity contribution in [2.24, 2.45) is 0 Å². The Morgan fingerprint density at radius 2 is 1.71 bits per heavy atom. The van der Waals surface area contributed by atoms with Crippen LogP contribution in [0.5, 0.6) is 0 Å². The predicted octanol–water partition coefficient (Wildman–Crippen LogP) is 0.587. The molecular formula is C6H15BO11P3. The monoisotopic (exact) mass is 367 g/mol. The SMILES string of the molecule is C[B]C1CCC(COP(=O)(O)OP(=O)(O)OP(=O)(O)O)O1. The van der Waals surface area contributed by atoms with Crippen LogP contribution in [0.1, 0.15) is 12.8 Å². The summed E-state index contributed by atoms with van der Waals surface area (Å²) in [5.41, 5.74) is 0. The minimum absolute atomic E-state index is 0.112. The second-order valence-electron chi connectivity index (χ2n) is 4.09. The zero-order valence-corrected chi connectivity index (χ0v) is 13.5. The lowest BCUT2D eigenvalue weighted by molar-refractivity contribution is 0.0390. The van der Waals surface area contributed by atoms with Gasteiger partial charge in [-0.2, -0.15) is 8.62 Å². The Labute approximate surface area is 121 Å². The van der Waals surface area contributed by atoms with Gasteiger partial charge in [-0.3, -0.25) is 4.52 Å². The summed E-state index contributed by atoms with van der Waals surface area (Å²) in [6.07, 6.45) is 0.738. The summed E-state index contributed by atoms with van der Waals surface area (Å²) in [6, 6.07) is -0.112. The Morgan fingerprint density at radius 1 is 1.10 bits per heavy atom. The van der Waals surface area contributed by atoms with Crippen LogP contribution < -0.4 is 0 Å². The van der Waals surface area contributed by atoms with Gasteiger partial charge in [-0.05, 0) is 12.8 Å². The fourth-order valence-corrected chi connectivity index (χ4v) is 4.63. The molecule has 1 heterocycles. The molecule has 4 N–H and O–H groups in total. The third-order valence-electron chi connectivity index (χ3n) is 2.35. The van der Waals surface area contributed by atoms with Crippen molar-refractivity contribution in [2.75, 3.05) is 6.61 Å². The van der Waals surface area contributed by atoms with E-state index in [0.29, 0.717) is 12.8 Å². The number of phosphoric ester groups is 1. The van der Waals surface area contributed by atoms with Gasteiger partial charge in [0.05, 0.1) is 12.7 Å². The first kappa shape index (κ1) is 19.5. The summed E-state index contributed by atoms with van der Waals surface area (Å²) in [7, 11) is -14.1. The summed E-state index contributed by atoms with van der Waals surface area (Å²) in [5, 5.41) is 0. The molecule has 1 rings (SSSR count). The number of hydrogen-bond acceptors (Lipinski definition) is 7. The van der Waals surface area contributed by atoms with Gasteiger partial charge < -0.3 is 24.3 Å². The van der Waals surface area contributed by atoms with Gasteiger partial charge in [-0.15, -0.1) is 0 Å². The van der Waals surface area contributed by atoms with E-state index in [2.05, 4.69) is 13.1 Å². The van der Waals surface area contributed by atoms with Gasteiger partial charge in [0.2, 0.25) is 0 Å². The van der Waals surface area contributed by atoms with E-state index in [1.54, 1.807) is 14.1 Å². The second-order valence-corrected chi connectivity index (χ2v) is 8.51. The molecule has 15 heteroatoms. The van der Waals surface area contributed by atoms with E-state index in [0.717, 1.165) is 0 Å². The van der Waals surface area contributed by atoms with E-state index in [4.69, 9.17) is 19.4 Å². The Bertz CT molecular complexity index is 490. The van der Waals surface area contributed by atoms with Crippen molar-refractivity contribution in [3.63, 3.8) is 0 Å². The lowest BCUT2D eigenvalue weighted by Crippen LogP contribution is -2.19. The third kappa shape index (κ3) is 8.02. The largest absolute Gasteiger partial charge is 0.490 e. The van der Waals surface area contributed by atoms with Crippen molar-refractivity contribution in [1.29, 1.82) is 0 Å². The highest BCUT2D eigenvalue weighted by Gasteiger charge is 2.41. The Morgan fingerprint density at radius 3 is 2.19 bits per heavy atom. The first-order valence-electron chi connectivity index (χ1n) is 5.66. The summed E-state index contributed by atoms with van der Waals surface area (Å²) < 4.78 is 49.8. The Hall–Kier alpha value is 0.435. The first-order chi connectivity index (χ1) is 9.42. The standard InChI is InChI=1S/C6H15BO11P3/c1-7-6-3-2-5(16-6)4-15-20(11,12)18-21(13,14)17-19(8,9)10/h5-6H,2-4H2,1H3,(H,11,12)(H,13,14)(H2,8,9,10). The van der Waals surface area contributed by atoms with E-state index in [1.165, 1.54) is 0 Å². The zero-order valence-electron chi connectivity index (χ0n) is 10.8. The van der Waals surface area contributed by atoms with Gasteiger partial charge in [0.15, 0.2) is 0 Å². The average Bonchev–Trinajstić information content (AvgIpc) is 2.69. The van der Waals surface area contributed by atoms with Gasteiger partial charge >= 0.3 is 23.5 Å². The molecule has 0 bridgehead atoms. The second kappa shape index (κ2) is 7.34. The van der Waals surface area contributed by atoms with Crippen LogP contribution in [0.3, 0.4) is 0 Å². The Balaban J connectivity index is 2.48. The topological polar surface area (TPSA) is 169 Å². The van der Waals surface area contributed by atoms with Crippen molar-refractivity contribution >= 4 is 30.7 Å². The quantitative estimate of drug-likeness (QED) is 0.350. The molecule has 1 fully saturated rings. The molecule has 1 radical (unpaired) electrons. The van der Waals surface area contributed by atoms with Crippen molar-refractivity contribution < 1.29 is 51.2 Å². The van der Waals surface area contributed by atoms with E-state index < -0.39 is 36.2 Å². The normalized spacial score (nSPS) is 28.8.